The van der Waals surface area contributed by atoms with Crippen molar-refractivity contribution in [3.63, 3.8) is 0 Å². The van der Waals surface area contributed by atoms with Crippen LogP contribution in [-0.4, -0.2) is 16.6 Å². The monoisotopic (exact) mass is 265 g/mol. The van der Waals surface area contributed by atoms with Crippen LogP contribution in [0.25, 0.3) is 0 Å². The quantitative estimate of drug-likeness (QED) is 0.851. The average Bonchev–Trinajstić information content (AvgIpc) is 2.04. The minimum absolute atomic E-state index is 0.0303. The van der Waals surface area contributed by atoms with Crippen molar-refractivity contribution in [1.29, 1.82) is 0 Å². The third kappa shape index (κ3) is 2.77. The van der Waals surface area contributed by atoms with Crippen molar-refractivity contribution in [1.82, 2.24) is 0 Å². The van der Waals surface area contributed by atoms with Crippen LogP contribution >= 0.6 is 15.9 Å². The van der Waals surface area contributed by atoms with Crippen molar-refractivity contribution < 1.29 is 8.60 Å². The maximum Gasteiger partial charge on any atom is 0.101 e. The largest absolute Gasteiger partial charge is 0.399 e. The summed E-state index contributed by atoms with van der Waals surface area (Å²) in [6.45, 7) is -0.580. The number of hydrogen-bond donors (Lipinski definition) is 1. The molecule has 2 N–H and O–H groups in total. The lowest BCUT2D eigenvalue weighted by Gasteiger charge is -2.03. The Morgan fingerprint density at radius 1 is 1.54 bits per heavy atom. The second-order valence-electron chi connectivity index (χ2n) is 2.43. The number of halogens is 2. The van der Waals surface area contributed by atoms with Gasteiger partial charge in [0.05, 0.1) is 21.4 Å². The standard InChI is InChI=1S/C8H9BrFNOS/c9-7-5-6(11)1-2-8(7)13(12)4-3-10/h1-2,5H,3-4,11H2. The van der Waals surface area contributed by atoms with E-state index in [0.717, 1.165) is 0 Å². The number of rotatable bonds is 3. The molecular weight excluding hydrogens is 257 g/mol. The van der Waals surface area contributed by atoms with Gasteiger partial charge in [0.1, 0.15) is 6.67 Å². The van der Waals surface area contributed by atoms with Crippen molar-refractivity contribution in [2.45, 2.75) is 4.90 Å². The van der Waals surface area contributed by atoms with Crippen molar-refractivity contribution in [2.24, 2.45) is 0 Å². The molecule has 1 aromatic rings. The van der Waals surface area contributed by atoms with Crippen LogP contribution in [0.1, 0.15) is 0 Å². The highest BCUT2D eigenvalue weighted by molar-refractivity contribution is 9.10. The van der Waals surface area contributed by atoms with Gasteiger partial charge in [0, 0.05) is 10.2 Å². The maximum atomic E-state index is 11.9. The molecule has 0 aliphatic heterocycles. The van der Waals surface area contributed by atoms with Gasteiger partial charge >= 0.3 is 0 Å². The first-order chi connectivity index (χ1) is 6.15. The number of benzene rings is 1. The summed E-state index contributed by atoms with van der Waals surface area (Å²) in [5, 5.41) is 0. The van der Waals surface area contributed by atoms with Crippen LogP contribution in [0, 0.1) is 0 Å². The van der Waals surface area contributed by atoms with E-state index in [1.165, 1.54) is 0 Å². The maximum absolute atomic E-state index is 11.9. The highest BCUT2D eigenvalue weighted by atomic mass is 79.9. The second kappa shape index (κ2) is 4.72. The van der Waals surface area contributed by atoms with Gasteiger partial charge in [-0.1, -0.05) is 0 Å². The Morgan fingerprint density at radius 3 is 2.77 bits per heavy atom. The topological polar surface area (TPSA) is 43.1 Å². The van der Waals surface area contributed by atoms with Crippen LogP contribution in [0.3, 0.4) is 0 Å². The molecule has 1 rings (SSSR count). The molecule has 0 radical (unpaired) electrons. The van der Waals surface area contributed by atoms with Crippen molar-refractivity contribution in [3.8, 4) is 0 Å². The number of nitrogens with two attached hydrogens (primary N) is 1. The van der Waals surface area contributed by atoms with Crippen molar-refractivity contribution >= 4 is 32.4 Å². The highest BCUT2D eigenvalue weighted by Gasteiger charge is 2.07. The van der Waals surface area contributed by atoms with Gasteiger partial charge in [0.15, 0.2) is 0 Å². The Balaban J connectivity index is 2.95. The van der Waals surface area contributed by atoms with E-state index >= 15 is 0 Å². The minimum Gasteiger partial charge on any atom is -0.399 e. The first-order valence-corrected chi connectivity index (χ1v) is 5.75. The zero-order valence-electron chi connectivity index (χ0n) is 6.80. The van der Waals surface area contributed by atoms with E-state index < -0.39 is 17.5 Å². The van der Waals surface area contributed by atoms with Gasteiger partial charge in [-0.2, -0.15) is 0 Å². The van der Waals surface area contributed by atoms with Crippen LogP contribution in [0.15, 0.2) is 27.6 Å². The average molecular weight is 266 g/mol. The van der Waals surface area contributed by atoms with Gasteiger partial charge in [-0.05, 0) is 34.1 Å². The molecule has 5 heteroatoms. The van der Waals surface area contributed by atoms with Crippen LogP contribution in [-0.2, 0) is 10.8 Å². The van der Waals surface area contributed by atoms with E-state index in [4.69, 9.17) is 5.73 Å². The van der Waals surface area contributed by atoms with Crippen LogP contribution in [0.2, 0.25) is 0 Å². The summed E-state index contributed by atoms with van der Waals surface area (Å²) in [6.07, 6.45) is 0. The first-order valence-electron chi connectivity index (χ1n) is 3.64. The van der Waals surface area contributed by atoms with Gasteiger partial charge < -0.3 is 5.73 Å². The Bertz CT molecular complexity index is 332. The van der Waals surface area contributed by atoms with E-state index in [-0.39, 0.29) is 5.75 Å². The molecule has 0 bridgehead atoms. The third-order valence-corrected chi connectivity index (χ3v) is 3.75. The zero-order chi connectivity index (χ0) is 9.84. The van der Waals surface area contributed by atoms with Gasteiger partial charge in [0.25, 0.3) is 0 Å². The second-order valence-corrected chi connectivity index (χ2v) is 4.82. The molecule has 13 heavy (non-hydrogen) atoms. The molecule has 0 amide bonds. The molecule has 2 nitrogen and oxygen atoms in total. The van der Waals surface area contributed by atoms with Gasteiger partial charge in [-0.15, -0.1) is 0 Å². The third-order valence-electron chi connectivity index (χ3n) is 1.46. The Morgan fingerprint density at radius 2 is 2.23 bits per heavy atom. The molecule has 0 saturated carbocycles. The Labute approximate surface area is 86.9 Å². The normalized spacial score (nSPS) is 12.8. The molecule has 0 fully saturated rings. The van der Waals surface area contributed by atoms with E-state index in [1.54, 1.807) is 18.2 Å². The van der Waals surface area contributed by atoms with Gasteiger partial charge in [-0.3, -0.25) is 8.60 Å². The summed E-state index contributed by atoms with van der Waals surface area (Å²) < 4.78 is 24.0. The predicted molar refractivity (Wildman–Crippen MR) is 55.8 cm³/mol. The molecule has 0 spiro atoms. The summed E-state index contributed by atoms with van der Waals surface area (Å²) in [5.74, 6) is 0.0303. The van der Waals surface area contributed by atoms with Crippen LogP contribution in [0.4, 0.5) is 10.1 Å². The highest BCUT2D eigenvalue weighted by Crippen LogP contribution is 2.22. The lowest BCUT2D eigenvalue weighted by molar-refractivity contribution is 0.528. The van der Waals surface area contributed by atoms with Crippen molar-refractivity contribution in [3.05, 3.63) is 22.7 Å². The lowest BCUT2D eigenvalue weighted by Crippen LogP contribution is -2.00. The number of alkyl halides is 1. The summed E-state index contributed by atoms with van der Waals surface area (Å²) in [4.78, 5) is 0.590. The minimum atomic E-state index is -1.28. The van der Waals surface area contributed by atoms with Crippen molar-refractivity contribution in [2.75, 3.05) is 18.2 Å². The summed E-state index contributed by atoms with van der Waals surface area (Å²) in [6, 6.07) is 4.95. The molecule has 0 heterocycles. The number of hydrogen-bond acceptors (Lipinski definition) is 2. The fourth-order valence-electron chi connectivity index (χ4n) is 0.882. The van der Waals surface area contributed by atoms with Crippen LogP contribution in [0.5, 0.6) is 0 Å². The Kier molecular flexibility index (Phi) is 3.87. The van der Waals surface area contributed by atoms with Gasteiger partial charge in [0.2, 0.25) is 0 Å². The number of nitrogen functional groups attached to an aromatic ring is 1. The van der Waals surface area contributed by atoms with E-state index in [0.29, 0.717) is 15.1 Å². The number of anilines is 1. The molecule has 1 aromatic carbocycles. The molecule has 0 aliphatic rings. The fraction of sp³-hybridized carbons (Fsp3) is 0.250. The molecular formula is C8H9BrFNOS. The molecule has 1 atom stereocenters. The molecule has 1 unspecified atom stereocenters. The van der Waals surface area contributed by atoms with Gasteiger partial charge in [-0.25, -0.2) is 0 Å². The van der Waals surface area contributed by atoms with Crippen LogP contribution < -0.4 is 5.73 Å². The zero-order valence-corrected chi connectivity index (χ0v) is 9.20. The summed E-state index contributed by atoms with van der Waals surface area (Å²) in [7, 11) is -1.28. The predicted octanol–water partition coefficient (Wildman–Crippen LogP) is 2.11. The van der Waals surface area contributed by atoms with E-state index in [1.807, 2.05) is 0 Å². The lowest BCUT2D eigenvalue weighted by atomic mass is 10.3. The fourth-order valence-corrected chi connectivity index (χ4v) is 2.68. The summed E-state index contributed by atoms with van der Waals surface area (Å²) in [5.41, 5.74) is 6.09. The molecule has 0 saturated heterocycles. The molecule has 72 valence electrons. The Hall–Kier alpha value is -0.420. The summed E-state index contributed by atoms with van der Waals surface area (Å²) >= 11 is 3.22. The molecule has 0 aromatic heterocycles. The SMILES string of the molecule is Nc1ccc(S(=O)CCF)c(Br)c1. The van der Waals surface area contributed by atoms with E-state index in [9.17, 15) is 8.60 Å². The molecule has 0 aliphatic carbocycles. The smallest absolute Gasteiger partial charge is 0.101 e. The van der Waals surface area contributed by atoms with E-state index in [2.05, 4.69) is 15.9 Å². The first kappa shape index (κ1) is 10.7.